The Balaban J connectivity index is 5.29. The van der Waals surface area contributed by atoms with Crippen molar-refractivity contribution in [1.82, 2.24) is 0 Å². The molecule has 0 saturated heterocycles. The molecule has 0 radical (unpaired) electrons. The largest absolute Gasteiger partial charge is 0.472 e. The van der Waals surface area contributed by atoms with E-state index in [4.69, 9.17) is 37.0 Å². The van der Waals surface area contributed by atoms with E-state index in [1.54, 1.807) is 0 Å². The van der Waals surface area contributed by atoms with Crippen molar-refractivity contribution in [3.05, 3.63) is 24.3 Å². The summed E-state index contributed by atoms with van der Waals surface area (Å²) in [6.45, 7) is 9.42. The lowest BCUT2D eigenvalue weighted by Crippen LogP contribution is -2.30. The molecule has 0 heterocycles. The number of esters is 4. The van der Waals surface area contributed by atoms with E-state index in [0.717, 1.165) is 115 Å². The molecule has 0 bridgehead atoms. The summed E-state index contributed by atoms with van der Waals surface area (Å²) in [5.41, 5.74) is 0. The average Bonchev–Trinajstić information content (AvgIpc) is 3.71. The zero-order chi connectivity index (χ0) is 65.7. The van der Waals surface area contributed by atoms with Crippen LogP contribution < -0.4 is 0 Å². The topological polar surface area (TPSA) is 237 Å². The second-order valence-electron chi connectivity index (χ2n) is 25.5. The van der Waals surface area contributed by atoms with Crippen molar-refractivity contribution in [2.75, 3.05) is 39.6 Å². The van der Waals surface area contributed by atoms with Gasteiger partial charge in [0.1, 0.15) is 19.3 Å². The van der Waals surface area contributed by atoms with E-state index < -0.39 is 97.5 Å². The van der Waals surface area contributed by atoms with Gasteiger partial charge in [0.05, 0.1) is 26.4 Å². The molecule has 2 unspecified atom stereocenters. The third-order valence-electron chi connectivity index (χ3n) is 15.6. The Hall–Kier alpha value is -2.46. The number of phosphoric acid groups is 2. The first-order valence-electron chi connectivity index (χ1n) is 35.8. The van der Waals surface area contributed by atoms with Crippen molar-refractivity contribution in [1.29, 1.82) is 0 Å². The second-order valence-corrected chi connectivity index (χ2v) is 28.4. The van der Waals surface area contributed by atoms with E-state index in [9.17, 15) is 43.2 Å². The zero-order valence-corrected chi connectivity index (χ0v) is 59.0. The van der Waals surface area contributed by atoms with Gasteiger partial charge in [-0.3, -0.25) is 37.3 Å². The minimum Gasteiger partial charge on any atom is -0.462 e. The molecule has 0 amide bonds. The van der Waals surface area contributed by atoms with Crippen molar-refractivity contribution < 1.29 is 80.2 Å². The van der Waals surface area contributed by atoms with Crippen LogP contribution in [-0.2, 0) is 65.4 Å². The third kappa shape index (κ3) is 64.1. The van der Waals surface area contributed by atoms with Gasteiger partial charge in [-0.05, 0) is 63.2 Å². The van der Waals surface area contributed by atoms with E-state index in [2.05, 4.69) is 65.8 Å². The number of hydrogen-bond acceptors (Lipinski definition) is 15. The summed E-state index contributed by atoms with van der Waals surface area (Å²) in [6, 6.07) is 0. The number of aliphatic hydroxyl groups excluding tert-OH is 1. The molecule has 5 atom stereocenters. The minimum atomic E-state index is -4.96. The Morgan fingerprint density at radius 1 is 0.348 bits per heavy atom. The number of rotatable bonds is 67. The van der Waals surface area contributed by atoms with Crippen molar-refractivity contribution >= 4 is 39.5 Å². The highest BCUT2D eigenvalue weighted by Crippen LogP contribution is 2.45. The fraction of sp³-hybridized carbons (Fsp3) is 0.886. The molecule has 0 spiro atoms. The lowest BCUT2D eigenvalue weighted by Gasteiger charge is -2.21. The van der Waals surface area contributed by atoms with Crippen molar-refractivity contribution in [3.8, 4) is 0 Å². The summed E-state index contributed by atoms with van der Waals surface area (Å²) in [4.78, 5) is 72.5. The first-order chi connectivity index (χ1) is 42.9. The molecule has 0 aromatic rings. The standard InChI is InChI=1S/C70H132O17P2/c1-7-9-11-13-15-17-19-20-21-22-23-29-36-42-48-54-69(74)86-65(59-81-68(73)53-47-41-35-30-24-26-32-38-44-50-62(3)4)60-84-88(76,77)82-56-64(71)57-83-89(78,79)85-61-66(58-80-67(72)52-46-40-34-28-18-16-14-12-10-8-2)87-70(75)55-49-43-37-31-25-27-33-39-45-51-63(5)6/h17,19-21,62-66,71H,7-16,18,22-61H2,1-6H3,(H,76,77)(H,78,79)/b19-17-,21-20-/t64-,65-,66-/m1/s1. The molecule has 3 N–H and O–H groups in total. The van der Waals surface area contributed by atoms with Gasteiger partial charge in [-0.25, -0.2) is 9.13 Å². The molecule has 0 aliphatic rings. The summed E-state index contributed by atoms with van der Waals surface area (Å²) >= 11 is 0. The molecule has 0 fully saturated rings. The van der Waals surface area contributed by atoms with Crippen LogP contribution in [0.15, 0.2) is 24.3 Å². The van der Waals surface area contributed by atoms with E-state index in [-0.39, 0.29) is 25.7 Å². The summed E-state index contributed by atoms with van der Waals surface area (Å²) in [7, 11) is -9.91. The normalized spacial score (nSPS) is 14.3. The van der Waals surface area contributed by atoms with Crippen LogP contribution in [0, 0.1) is 11.8 Å². The van der Waals surface area contributed by atoms with E-state index in [1.165, 1.54) is 135 Å². The van der Waals surface area contributed by atoms with Gasteiger partial charge in [0, 0.05) is 25.7 Å². The molecule has 17 nitrogen and oxygen atoms in total. The summed E-state index contributed by atoms with van der Waals surface area (Å²) in [6.07, 6.45) is 49.3. The maximum Gasteiger partial charge on any atom is 0.472 e. The smallest absolute Gasteiger partial charge is 0.462 e. The van der Waals surface area contributed by atoms with E-state index in [0.29, 0.717) is 25.7 Å². The van der Waals surface area contributed by atoms with Crippen LogP contribution >= 0.6 is 15.6 Å². The maximum absolute atomic E-state index is 13.0. The molecule has 89 heavy (non-hydrogen) atoms. The number of allylic oxidation sites excluding steroid dienone is 4. The summed E-state index contributed by atoms with van der Waals surface area (Å²) in [5, 5.41) is 10.6. The van der Waals surface area contributed by atoms with Crippen LogP contribution in [0.4, 0.5) is 0 Å². The first-order valence-corrected chi connectivity index (χ1v) is 38.8. The molecule has 0 aliphatic heterocycles. The summed E-state index contributed by atoms with van der Waals surface area (Å²) < 4.78 is 68.2. The highest BCUT2D eigenvalue weighted by atomic mass is 31.2. The van der Waals surface area contributed by atoms with Crippen LogP contribution in [-0.4, -0.2) is 96.7 Å². The highest BCUT2D eigenvalue weighted by molar-refractivity contribution is 7.47. The molecule has 524 valence electrons. The lowest BCUT2D eigenvalue weighted by molar-refractivity contribution is -0.161. The first kappa shape index (κ1) is 86.5. The number of ether oxygens (including phenoxy) is 4. The van der Waals surface area contributed by atoms with Gasteiger partial charge in [0.2, 0.25) is 0 Å². The van der Waals surface area contributed by atoms with Crippen molar-refractivity contribution in [2.24, 2.45) is 11.8 Å². The molecule has 0 aliphatic carbocycles. The quantitative estimate of drug-likeness (QED) is 0.0169. The Labute approximate surface area is 542 Å². The fourth-order valence-corrected chi connectivity index (χ4v) is 11.6. The second kappa shape index (κ2) is 61.7. The number of phosphoric ester groups is 2. The number of carbonyl (C=O) groups excluding carboxylic acids is 4. The van der Waals surface area contributed by atoms with E-state index >= 15 is 0 Å². The fourth-order valence-electron chi connectivity index (χ4n) is 10.1. The van der Waals surface area contributed by atoms with Crippen molar-refractivity contribution in [2.45, 2.75) is 349 Å². The average molecular weight is 1310 g/mol. The van der Waals surface area contributed by atoms with Gasteiger partial charge < -0.3 is 33.8 Å². The van der Waals surface area contributed by atoms with Crippen LogP contribution in [0.2, 0.25) is 0 Å². The SMILES string of the molecule is CCCCCC/C=C\C=C/CCCCCCCC(=O)O[C@H](COC(=O)CCCCCCCCCCCC(C)C)COP(=O)(O)OC[C@@H](O)COP(=O)(O)OC[C@@H](COC(=O)CCCCCCCCCCCC)OC(=O)CCCCCCCCCCCC(C)C. The van der Waals surface area contributed by atoms with Gasteiger partial charge in [0.15, 0.2) is 12.2 Å². The minimum absolute atomic E-state index is 0.0844. The number of hydrogen-bond donors (Lipinski definition) is 3. The monoisotopic (exact) mass is 1310 g/mol. The van der Waals surface area contributed by atoms with Crippen LogP contribution in [0.3, 0.4) is 0 Å². The Morgan fingerprint density at radius 2 is 0.607 bits per heavy atom. The lowest BCUT2D eigenvalue weighted by atomic mass is 10.0. The number of aliphatic hydroxyl groups is 1. The number of carbonyl (C=O) groups is 4. The highest BCUT2D eigenvalue weighted by Gasteiger charge is 2.30. The number of unbranched alkanes of at least 4 members (excludes halogenated alkanes) is 34. The predicted octanol–water partition coefficient (Wildman–Crippen LogP) is 19.5. The van der Waals surface area contributed by atoms with Gasteiger partial charge in [-0.2, -0.15) is 0 Å². The zero-order valence-electron chi connectivity index (χ0n) is 57.2. The molecular weight excluding hydrogens is 1170 g/mol. The van der Waals surface area contributed by atoms with Crippen LogP contribution in [0.5, 0.6) is 0 Å². The van der Waals surface area contributed by atoms with Crippen LogP contribution in [0.25, 0.3) is 0 Å². The molecule has 19 heteroatoms. The molecular formula is C70H132O17P2. The van der Waals surface area contributed by atoms with Gasteiger partial charge >= 0.3 is 39.5 Å². The predicted molar refractivity (Wildman–Crippen MR) is 358 cm³/mol. The Kier molecular flexibility index (Phi) is 60.0. The maximum atomic E-state index is 13.0. The molecule has 0 rings (SSSR count). The summed E-state index contributed by atoms with van der Waals surface area (Å²) in [5.74, 6) is -0.680. The molecule has 0 aromatic carbocycles. The Bertz CT molecular complexity index is 1830. The van der Waals surface area contributed by atoms with E-state index in [1.807, 2.05) is 0 Å². The van der Waals surface area contributed by atoms with Crippen LogP contribution in [0.1, 0.15) is 330 Å². The third-order valence-corrected chi connectivity index (χ3v) is 17.5. The van der Waals surface area contributed by atoms with Gasteiger partial charge in [-0.1, -0.05) is 278 Å². The molecule has 0 aromatic heterocycles. The van der Waals surface area contributed by atoms with Crippen molar-refractivity contribution in [3.63, 3.8) is 0 Å². The Morgan fingerprint density at radius 3 is 0.921 bits per heavy atom. The van der Waals surface area contributed by atoms with Gasteiger partial charge in [0.25, 0.3) is 0 Å². The van der Waals surface area contributed by atoms with Gasteiger partial charge in [-0.15, -0.1) is 0 Å². The molecule has 0 saturated carbocycles.